The number of halogens is 3. The number of carbonyl (C=O) groups is 1. The highest BCUT2D eigenvalue weighted by atomic mass is 19.4. The van der Waals surface area contributed by atoms with Crippen LogP contribution in [-0.4, -0.2) is 31.7 Å². The second kappa shape index (κ2) is 7.63. The molecule has 0 atom stereocenters. The van der Waals surface area contributed by atoms with Gasteiger partial charge in [-0.05, 0) is 43.2 Å². The number of aromatic nitrogens is 4. The zero-order chi connectivity index (χ0) is 22.3. The normalized spacial score (nSPS) is 13.8. The second-order valence-electron chi connectivity index (χ2n) is 7.52. The van der Waals surface area contributed by atoms with E-state index in [4.69, 9.17) is 0 Å². The first-order valence-electron chi connectivity index (χ1n) is 9.93. The Morgan fingerprint density at radius 3 is 2.56 bits per heavy atom. The highest BCUT2D eigenvalue weighted by molar-refractivity contribution is 5.96. The van der Waals surface area contributed by atoms with Crippen LogP contribution in [0, 0.1) is 0 Å². The molecule has 0 radical (unpaired) electrons. The van der Waals surface area contributed by atoms with Gasteiger partial charge in [-0.25, -0.2) is 14.6 Å². The molecule has 0 spiro atoms. The van der Waals surface area contributed by atoms with Crippen LogP contribution in [0.15, 0.2) is 61.1 Å². The SMILES string of the molecule is O=C(NC1CC1)c1cc(Nc2ncnc3c2cnn3-c2ccccc2)cc(C(F)(F)F)c1. The summed E-state index contributed by atoms with van der Waals surface area (Å²) in [4.78, 5) is 20.9. The maximum atomic E-state index is 13.5. The van der Waals surface area contributed by atoms with E-state index in [2.05, 4.69) is 25.7 Å². The number of para-hydroxylation sites is 1. The van der Waals surface area contributed by atoms with Crippen LogP contribution >= 0.6 is 0 Å². The molecule has 0 bridgehead atoms. The molecule has 1 fully saturated rings. The van der Waals surface area contributed by atoms with E-state index >= 15 is 0 Å². The van der Waals surface area contributed by atoms with E-state index in [1.54, 1.807) is 10.9 Å². The topological polar surface area (TPSA) is 84.7 Å². The Labute approximate surface area is 180 Å². The predicted octanol–water partition coefficient (Wildman–Crippen LogP) is 4.47. The van der Waals surface area contributed by atoms with Gasteiger partial charge >= 0.3 is 6.18 Å². The molecule has 1 saturated carbocycles. The maximum Gasteiger partial charge on any atom is 0.416 e. The van der Waals surface area contributed by atoms with Gasteiger partial charge in [0, 0.05) is 17.3 Å². The molecule has 2 aromatic carbocycles. The zero-order valence-electron chi connectivity index (χ0n) is 16.6. The van der Waals surface area contributed by atoms with Crippen molar-refractivity contribution in [2.24, 2.45) is 0 Å². The Balaban J connectivity index is 1.53. The Hall–Kier alpha value is -3.95. The predicted molar refractivity (Wildman–Crippen MR) is 112 cm³/mol. The van der Waals surface area contributed by atoms with Crippen molar-refractivity contribution >= 4 is 28.4 Å². The van der Waals surface area contributed by atoms with Crippen molar-refractivity contribution in [2.45, 2.75) is 25.1 Å². The Morgan fingerprint density at radius 2 is 1.84 bits per heavy atom. The number of nitrogens with one attached hydrogen (secondary N) is 2. The molecule has 5 rings (SSSR count). The molecule has 1 aliphatic rings. The van der Waals surface area contributed by atoms with Crippen LogP contribution in [0.1, 0.15) is 28.8 Å². The van der Waals surface area contributed by atoms with Gasteiger partial charge in [0.2, 0.25) is 0 Å². The number of nitrogens with zero attached hydrogens (tertiary/aromatic N) is 4. The van der Waals surface area contributed by atoms with E-state index in [1.165, 1.54) is 12.4 Å². The number of hydrogen-bond acceptors (Lipinski definition) is 5. The molecule has 4 aromatic rings. The summed E-state index contributed by atoms with van der Waals surface area (Å²) in [6.07, 6.45) is -0.0924. The third-order valence-electron chi connectivity index (χ3n) is 5.06. The van der Waals surface area contributed by atoms with E-state index in [1.807, 2.05) is 30.3 Å². The number of rotatable bonds is 5. The van der Waals surface area contributed by atoms with Crippen molar-refractivity contribution < 1.29 is 18.0 Å². The number of amides is 1. The van der Waals surface area contributed by atoms with Crippen molar-refractivity contribution in [2.75, 3.05) is 5.32 Å². The lowest BCUT2D eigenvalue weighted by atomic mass is 10.1. The third kappa shape index (κ3) is 3.98. The van der Waals surface area contributed by atoms with Crippen molar-refractivity contribution in [3.63, 3.8) is 0 Å². The van der Waals surface area contributed by atoms with Gasteiger partial charge in [0.15, 0.2) is 5.65 Å². The molecular weight excluding hydrogens is 421 g/mol. The summed E-state index contributed by atoms with van der Waals surface area (Å²) in [5, 5.41) is 10.5. The van der Waals surface area contributed by atoms with Crippen LogP contribution in [0.5, 0.6) is 0 Å². The van der Waals surface area contributed by atoms with Gasteiger partial charge < -0.3 is 10.6 Å². The molecule has 0 unspecified atom stereocenters. The lowest BCUT2D eigenvalue weighted by Gasteiger charge is -2.14. The quantitative estimate of drug-likeness (QED) is 0.480. The molecule has 7 nitrogen and oxygen atoms in total. The van der Waals surface area contributed by atoms with Gasteiger partial charge in [0.05, 0.1) is 22.8 Å². The molecule has 1 aliphatic carbocycles. The van der Waals surface area contributed by atoms with E-state index in [9.17, 15) is 18.0 Å². The van der Waals surface area contributed by atoms with E-state index in [0.29, 0.717) is 11.0 Å². The summed E-state index contributed by atoms with van der Waals surface area (Å²) < 4.78 is 42.0. The molecule has 2 heterocycles. The zero-order valence-corrected chi connectivity index (χ0v) is 16.6. The minimum atomic E-state index is -4.61. The van der Waals surface area contributed by atoms with Crippen molar-refractivity contribution in [3.05, 3.63) is 72.2 Å². The monoisotopic (exact) mass is 438 g/mol. The molecule has 32 heavy (non-hydrogen) atoms. The molecule has 10 heteroatoms. The largest absolute Gasteiger partial charge is 0.416 e. The van der Waals surface area contributed by atoms with Crippen LogP contribution in [0.4, 0.5) is 24.7 Å². The van der Waals surface area contributed by atoms with Crippen LogP contribution in [0.25, 0.3) is 16.7 Å². The fourth-order valence-corrected chi connectivity index (χ4v) is 3.33. The number of carbonyl (C=O) groups excluding carboxylic acids is 1. The maximum absolute atomic E-state index is 13.5. The van der Waals surface area contributed by atoms with Crippen LogP contribution < -0.4 is 10.6 Å². The first-order valence-corrected chi connectivity index (χ1v) is 9.93. The average molecular weight is 438 g/mol. The van der Waals surface area contributed by atoms with E-state index < -0.39 is 17.6 Å². The van der Waals surface area contributed by atoms with E-state index in [-0.39, 0.29) is 23.1 Å². The summed E-state index contributed by atoms with van der Waals surface area (Å²) in [5.74, 6) is -0.253. The minimum Gasteiger partial charge on any atom is -0.349 e. The highest BCUT2D eigenvalue weighted by Gasteiger charge is 2.32. The number of fused-ring (bicyclic) bond motifs is 1. The van der Waals surface area contributed by atoms with Gasteiger partial charge in [-0.1, -0.05) is 18.2 Å². The number of benzene rings is 2. The summed E-state index contributed by atoms with van der Waals surface area (Å²) in [5.41, 5.74) is 0.374. The summed E-state index contributed by atoms with van der Waals surface area (Å²) in [6, 6.07) is 12.5. The van der Waals surface area contributed by atoms with Gasteiger partial charge in [-0.15, -0.1) is 0 Å². The van der Waals surface area contributed by atoms with Gasteiger partial charge in [-0.3, -0.25) is 4.79 Å². The highest BCUT2D eigenvalue weighted by Crippen LogP contribution is 2.34. The van der Waals surface area contributed by atoms with Crippen LogP contribution in [-0.2, 0) is 6.18 Å². The fourth-order valence-electron chi connectivity index (χ4n) is 3.33. The van der Waals surface area contributed by atoms with Crippen molar-refractivity contribution in [3.8, 4) is 5.69 Å². The Kier molecular flexibility index (Phi) is 4.76. The van der Waals surface area contributed by atoms with Crippen LogP contribution in [0.2, 0.25) is 0 Å². The number of anilines is 2. The number of hydrogen-bond donors (Lipinski definition) is 2. The molecule has 0 aliphatic heterocycles. The van der Waals surface area contributed by atoms with E-state index in [0.717, 1.165) is 30.7 Å². The average Bonchev–Trinajstić information content (AvgIpc) is 3.48. The fraction of sp³-hybridized carbons (Fsp3) is 0.182. The number of alkyl halides is 3. The molecule has 0 saturated heterocycles. The molecular formula is C22H17F3N6O. The van der Waals surface area contributed by atoms with Crippen molar-refractivity contribution in [1.29, 1.82) is 0 Å². The first-order chi connectivity index (χ1) is 15.4. The summed E-state index contributed by atoms with van der Waals surface area (Å²) in [6.45, 7) is 0. The molecule has 162 valence electrons. The van der Waals surface area contributed by atoms with Gasteiger partial charge in [0.1, 0.15) is 12.1 Å². The van der Waals surface area contributed by atoms with Gasteiger partial charge in [0.25, 0.3) is 5.91 Å². The Bertz CT molecular complexity index is 1300. The molecule has 2 N–H and O–H groups in total. The molecule has 2 aromatic heterocycles. The van der Waals surface area contributed by atoms with Crippen molar-refractivity contribution in [1.82, 2.24) is 25.1 Å². The van der Waals surface area contributed by atoms with Gasteiger partial charge in [-0.2, -0.15) is 18.3 Å². The molecule has 1 amide bonds. The summed E-state index contributed by atoms with van der Waals surface area (Å²) >= 11 is 0. The second-order valence-corrected chi connectivity index (χ2v) is 7.52. The smallest absolute Gasteiger partial charge is 0.349 e. The third-order valence-corrected chi connectivity index (χ3v) is 5.06. The Morgan fingerprint density at radius 1 is 1.06 bits per heavy atom. The summed E-state index contributed by atoms with van der Waals surface area (Å²) in [7, 11) is 0. The lowest BCUT2D eigenvalue weighted by Crippen LogP contribution is -2.25. The minimum absolute atomic E-state index is 0.0266. The first kappa shape index (κ1) is 20.0. The lowest BCUT2D eigenvalue weighted by molar-refractivity contribution is -0.137. The van der Waals surface area contributed by atoms with Crippen LogP contribution in [0.3, 0.4) is 0 Å². The standard InChI is InChI=1S/C22H17F3N6O/c23-22(24,25)14-8-13(21(32)30-15-6-7-15)9-16(10-14)29-19-18-11-28-31(20(18)27-12-26-19)17-4-2-1-3-5-17/h1-5,8-12,15H,6-7H2,(H,30,32)(H,26,27,29).